The van der Waals surface area contributed by atoms with Crippen LogP contribution in [0.2, 0.25) is 0 Å². The van der Waals surface area contributed by atoms with Gasteiger partial charge < -0.3 is 10.5 Å². The van der Waals surface area contributed by atoms with E-state index in [1.165, 1.54) is 36.8 Å². The van der Waals surface area contributed by atoms with E-state index in [1.807, 2.05) is 12.1 Å². The van der Waals surface area contributed by atoms with E-state index in [2.05, 4.69) is 54.2 Å². The van der Waals surface area contributed by atoms with Crippen molar-refractivity contribution in [1.29, 1.82) is 0 Å². The van der Waals surface area contributed by atoms with Crippen molar-refractivity contribution >= 4 is 5.69 Å². The van der Waals surface area contributed by atoms with Crippen LogP contribution in [-0.2, 0) is 0 Å². The molecule has 0 aromatic heterocycles. The number of hydrogen-bond donors (Lipinski definition) is 3. The summed E-state index contributed by atoms with van der Waals surface area (Å²) >= 11 is 0. The van der Waals surface area contributed by atoms with Crippen molar-refractivity contribution in [1.82, 2.24) is 10.9 Å². The Kier molecular flexibility index (Phi) is 6.92. The van der Waals surface area contributed by atoms with Gasteiger partial charge in [-0.15, -0.1) is 0 Å². The van der Waals surface area contributed by atoms with Gasteiger partial charge in [-0.3, -0.25) is 0 Å². The lowest BCUT2D eigenvalue weighted by atomic mass is 9.97. The predicted molar refractivity (Wildman–Crippen MR) is 108 cm³/mol. The minimum absolute atomic E-state index is 0.244. The van der Waals surface area contributed by atoms with E-state index in [0.717, 1.165) is 30.9 Å². The molecule has 2 unspecified atom stereocenters. The zero-order chi connectivity index (χ0) is 18.2. The summed E-state index contributed by atoms with van der Waals surface area (Å²) in [6.45, 7) is 3.04. The maximum absolute atomic E-state index is 6.10. The number of rotatable bonds is 9. The molecular formula is C22H31N3O. The predicted octanol–water partition coefficient (Wildman–Crippen LogP) is 4.90. The zero-order valence-electron chi connectivity index (χ0n) is 15.7. The normalized spacial score (nSPS) is 19.6. The summed E-state index contributed by atoms with van der Waals surface area (Å²) < 4.78 is 6.10. The number of hydrazine groups is 1. The molecule has 0 amide bonds. The van der Waals surface area contributed by atoms with Crippen LogP contribution < -0.4 is 21.3 Å². The molecule has 2 aromatic rings. The third-order valence-corrected chi connectivity index (χ3v) is 5.04. The Morgan fingerprint density at radius 2 is 1.65 bits per heavy atom. The van der Waals surface area contributed by atoms with Gasteiger partial charge in [-0.05, 0) is 36.6 Å². The van der Waals surface area contributed by atoms with E-state index >= 15 is 0 Å². The van der Waals surface area contributed by atoms with Gasteiger partial charge in [0.25, 0.3) is 0 Å². The van der Waals surface area contributed by atoms with Crippen LogP contribution in [0.25, 0.3) is 0 Å². The Hall–Kier alpha value is -2.04. The molecule has 140 valence electrons. The van der Waals surface area contributed by atoms with Crippen LogP contribution in [0.15, 0.2) is 48.5 Å². The number of nitrogen functional groups attached to an aromatic ring is 1. The summed E-state index contributed by atoms with van der Waals surface area (Å²) in [7, 11) is 0. The molecule has 0 aliphatic carbocycles. The maximum Gasteiger partial charge on any atom is 0.124 e. The Morgan fingerprint density at radius 1 is 0.923 bits per heavy atom. The molecule has 1 aliphatic heterocycles. The number of unbranched alkanes of at least 4 members (excludes halogenated alkanes) is 4. The number of anilines is 1. The number of hydrogen-bond acceptors (Lipinski definition) is 4. The van der Waals surface area contributed by atoms with Crippen LogP contribution in [0.4, 0.5) is 5.69 Å². The molecule has 3 rings (SSSR count). The molecular weight excluding hydrogens is 322 g/mol. The summed E-state index contributed by atoms with van der Waals surface area (Å²) in [6.07, 6.45) is 7.26. The summed E-state index contributed by atoms with van der Waals surface area (Å²) in [4.78, 5) is 0. The Bertz CT molecular complexity index is 671. The number of para-hydroxylation sites is 1. The van der Waals surface area contributed by atoms with Gasteiger partial charge in [-0.2, -0.15) is 0 Å². The first-order chi connectivity index (χ1) is 12.8. The first kappa shape index (κ1) is 18.7. The Labute approximate surface area is 157 Å². The number of benzene rings is 2. The molecule has 0 radical (unpaired) electrons. The average Bonchev–Trinajstić information content (AvgIpc) is 3.15. The second kappa shape index (κ2) is 9.60. The fourth-order valence-electron chi connectivity index (χ4n) is 3.49. The molecule has 26 heavy (non-hydrogen) atoms. The largest absolute Gasteiger partial charge is 0.493 e. The zero-order valence-corrected chi connectivity index (χ0v) is 15.7. The van der Waals surface area contributed by atoms with Crippen LogP contribution in [0.5, 0.6) is 5.75 Å². The molecule has 2 atom stereocenters. The third-order valence-electron chi connectivity index (χ3n) is 5.04. The number of nitrogens with two attached hydrogens (primary N) is 1. The van der Waals surface area contributed by atoms with Crippen molar-refractivity contribution < 1.29 is 4.74 Å². The highest BCUT2D eigenvalue weighted by Gasteiger charge is 2.27. The second-order valence-electron chi connectivity index (χ2n) is 7.10. The topological polar surface area (TPSA) is 59.3 Å². The van der Waals surface area contributed by atoms with E-state index in [9.17, 15) is 0 Å². The molecule has 2 aromatic carbocycles. The van der Waals surface area contributed by atoms with Gasteiger partial charge in [0.15, 0.2) is 0 Å². The fraction of sp³-hybridized carbons (Fsp3) is 0.455. The van der Waals surface area contributed by atoms with Crippen molar-refractivity contribution in [2.45, 2.75) is 57.5 Å². The monoisotopic (exact) mass is 353 g/mol. The fourth-order valence-corrected chi connectivity index (χ4v) is 3.49. The quantitative estimate of drug-likeness (QED) is 0.443. The molecule has 0 saturated carbocycles. The van der Waals surface area contributed by atoms with Gasteiger partial charge in [0, 0.05) is 17.3 Å². The van der Waals surface area contributed by atoms with E-state index in [4.69, 9.17) is 10.5 Å². The van der Waals surface area contributed by atoms with Gasteiger partial charge in [0.05, 0.1) is 12.6 Å². The molecule has 4 nitrogen and oxygen atoms in total. The lowest BCUT2D eigenvalue weighted by Gasteiger charge is -2.16. The van der Waals surface area contributed by atoms with E-state index < -0.39 is 0 Å². The van der Waals surface area contributed by atoms with Crippen molar-refractivity contribution in [2.75, 3.05) is 12.3 Å². The van der Waals surface area contributed by atoms with Gasteiger partial charge in [0.1, 0.15) is 5.75 Å². The van der Waals surface area contributed by atoms with Crippen molar-refractivity contribution in [3.63, 3.8) is 0 Å². The van der Waals surface area contributed by atoms with Crippen molar-refractivity contribution in [3.8, 4) is 5.75 Å². The molecule has 0 bridgehead atoms. The van der Waals surface area contributed by atoms with Gasteiger partial charge in [-0.1, -0.05) is 62.9 Å². The van der Waals surface area contributed by atoms with Gasteiger partial charge in [0.2, 0.25) is 0 Å². The second-order valence-corrected chi connectivity index (χ2v) is 7.10. The Morgan fingerprint density at radius 3 is 2.46 bits per heavy atom. The molecule has 0 spiro atoms. The summed E-state index contributed by atoms with van der Waals surface area (Å²) in [5, 5.41) is 0. The van der Waals surface area contributed by atoms with Crippen LogP contribution >= 0.6 is 0 Å². The maximum atomic E-state index is 6.10. The summed E-state index contributed by atoms with van der Waals surface area (Å²) in [5.41, 5.74) is 15.9. The van der Waals surface area contributed by atoms with Crippen LogP contribution in [0, 0.1) is 0 Å². The van der Waals surface area contributed by atoms with E-state index in [-0.39, 0.29) is 12.1 Å². The third kappa shape index (κ3) is 4.99. The highest BCUT2D eigenvalue weighted by molar-refractivity contribution is 5.41. The van der Waals surface area contributed by atoms with Gasteiger partial charge >= 0.3 is 0 Å². The first-order valence-electron chi connectivity index (χ1n) is 9.86. The number of nitrogens with one attached hydrogen (secondary N) is 2. The standard InChI is InChI=1S/C22H31N3O/c1-2-3-4-5-8-15-26-22-10-7-6-9-19(22)21-16-20(24-25-21)17-11-13-18(23)14-12-17/h6-7,9-14,20-21,24-25H,2-5,8,15-16,23H2,1H3. The molecule has 4 heteroatoms. The molecule has 1 fully saturated rings. The summed E-state index contributed by atoms with van der Waals surface area (Å²) in [5.74, 6) is 1.00. The Balaban J connectivity index is 1.57. The van der Waals surface area contributed by atoms with E-state index in [1.54, 1.807) is 0 Å². The van der Waals surface area contributed by atoms with Crippen LogP contribution in [-0.4, -0.2) is 6.61 Å². The van der Waals surface area contributed by atoms with E-state index in [0.29, 0.717) is 0 Å². The van der Waals surface area contributed by atoms with Crippen molar-refractivity contribution in [2.24, 2.45) is 0 Å². The minimum Gasteiger partial charge on any atom is -0.493 e. The lowest BCUT2D eigenvalue weighted by Crippen LogP contribution is -2.26. The molecule has 1 saturated heterocycles. The first-order valence-corrected chi connectivity index (χ1v) is 9.86. The van der Waals surface area contributed by atoms with Crippen LogP contribution in [0.1, 0.15) is 68.7 Å². The van der Waals surface area contributed by atoms with Crippen molar-refractivity contribution in [3.05, 3.63) is 59.7 Å². The molecule has 4 N–H and O–H groups in total. The SMILES string of the molecule is CCCCCCCOc1ccccc1C1CC(c2ccc(N)cc2)NN1. The smallest absolute Gasteiger partial charge is 0.124 e. The highest BCUT2D eigenvalue weighted by Crippen LogP contribution is 2.35. The average molecular weight is 354 g/mol. The highest BCUT2D eigenvalue weighted by atomic mass is 16.5. The van der Waals surface area contributed by atoms with Crippen LogP contribution in [0.3, 0.4) is 0 Å². The minimum atomic E-state index is 0.244. The summed E-state index contributed by atoms with van der Waals surface area (Å²) in [6, 6.07) is 17.0. The lowest BCUT2D eigenvalue weighted by molar-refractivity contribution is 0.298. The van der Waals surface area contributed by atoms with Gasteiger partial charge in [-0.25, -0.2) is 10.9 Å². The molecule has 1 aliphatic rings. The molecule has 1 heterocycles. The number of ether oxygens (including phenoxy) is 1.